The fourth-order valence-corrected chi connectivity index (χ4v) is 12.3. The van der Waals surface area contributed by atoms with Crippen LogP contribution >= 0.6 is 24.5 Å². The number of aliphatic hydroxyl groups is 1. The van der Waals surface area contributed by atoms with Crippen molar-refractivity contribution in [2.75, 3.05) is 38.0 Å². The Labute approximate surface area is 297 Å². The van der Waals surface area contributed by atoms with E-state index in [2.05, 4.69) is 36.0 Å². The van der Waals surface area contributed by atoms with Crippen LogP contribution < -0.4 is 41.8 Å². The fraction of sp³-hybridized carbons (Fsp3) is 0.345. The molecule has 0 spiro atoms. The molecule has 0 aliphatic carbocycles. The van der Waals surface area contributed by atoms with Crippen LogP contribution in [0, 0.1) is 6.92 Å². The van der Waals surface area contributed by atoms with Crippen LogP contribution in [-0.2, 0) is 26.5 Å². The number of carbonyl (C=O) groups excluding carboxylic acids is 1. The molecule has 0 saturated heterocycles. The van der Waals surface area contributed by atoms with E-state index in [1.54, 1.807) is 35.1 Å². The van der Waals surface area contributed by atoms with Gasteiger partial charge in [-0.1, -0.05) is 0 Å². The third kappa shape index (κ3) is 9.54. The summed E-state index contributed by atoms with van der Waals surface area (Å²) in [4.78, 5) is 25.4. The number of hydrogen-bond donors (Lipinski definition) is 4. The van der Waals surface area contributed by atoms with E-state index in [1.165, 1.54) is 20.2 Å². The molecule has 0 fully saturated rings. The number of aryl methyl sites for hydroxylation is 1. The Morgan fingerprint density at radius 1 is 1.15 bits per heavy atom. The van der Waals surface area contributed by atoms with Crippen molar-refractivity contribution in [2.24, 2.45) is 0 Å². The summed E-state index contributed by atoms with van der Waals surface area (Å²) in [7, 11) is 2.81. The number of ether oxygens (including phenoxy) is 1. The number of halogens is 5. The molecule has 13 nitrogen and oxygen atoms in total. The first-order chi connectivity index (χ1) is 22.8. The normalized spacial score (nSPS) is 12.9. The molecule has 0 bridgehead atoms. The Kier molecular flexibility index (Phi) is 13.0. The maximum atomic E-state index is 14.1. The zero-order valence-corrected chi connectivity index (χ0v) is 31.4. The summed E-state index contributed by atoms with van der Waals surface area (Å²) in [5, 5.41) is 21.5. The summed E-state index contributed by atoms with van der Waals surface area (Å²) in [5.74, 6) is -1.10. The van der Waals surface area contributed by atoms with E-state index in [4.69, 9.17) is 12.9 Å². The SMILES string of the molecule is CCO[I-]P(=O)(I)Cc1ccc(Nc2ncc(C(F)(F)F)c(Nc3ccc(-c4cnn(CCCO)c4C)nc3C(=O)NC)n2)c(OC)c1. The zero-order valence-electron chi connectivity index (χ0n) is 26.2. The van der Waals surface area contributed by atoms with Gasteiger partial charge in [-0.3, -0.25) is 9.48 Å². The van der Waals surface area contributed by atoms with Crippen LogP contribution in [0.2, 0.25) is 0 Å². The molecule has 3 aromatic heterocycles. The number of benzene rings is 1. The predicted octanol–water partition coefficient (Wildman–Crippen LogP) is 3.47. The number of alkyl halides is 3. The van der Waals surface area contributed by atoms with E-state index < -0.39 is 47.0 Å². The molecule has 0 aliphatic rings. The van der Waals surface area contributed by atoms with Gasteiger partial charge in [0.2, 0.25) is 0 Å². The number of anilines is 4. The van der Waals surface area contributed by atoms with Crippen molar-refractivity contribution >= 4 is 53.5 Å². The molecule has 4 rings (SSSR count). The van der Waals surface area contributed by atoms with Gasteiger partial charge in [-0.25, -0.2) is 4.98 Å². The summed E-state index contributed by atoms with van der Waals surface area (Å²) in [5.41, 5.74) is 1.47. The second kappa shape index (κ2) is 16.6. The summed E-state index contributed by atoms with van der Waals surface area (Å²) >= 11 is 1.01. The van der Waals surface area contributed by atoms with Gasteiger partial charge in [0.15, 0.2) is 5.69 Å². The Bertz CT molecular complexity index is 1810. The average Bonchev–Trinajstić information content (AvgIpc) is 3.42. The van der Waals surface area contributed by atoms with Crippen molar-refractivity contribution in [1.82, 2.24) is 30.0 Å². The van der Waals surface area contributed by atoms with Gasteiger partial charge < -0.3 is 10.4 Å². The van der Waals surface area contributed by atoms with Crippen molar-refractivity contribution in [1.29, 1.82) is 0 Å². The van der Waals surface area contributed by atoms with Crippen molar-refractivity contribution in [3.63, 3.8) is 0 Å². The second-order valence-corrected chi connectivity index (χ2v) is 28.3. The van der Waals surface area contributed by atoms with Crippen LogP contribution in [0.5, 0.6) is 5.75 Å². The number of carbonyl (C=O) groups is 1. The number of aliphatic hydroxyl groups excluding tert-OH is 1. The maximum absolute atomic E-state index is 14.1. The summed E-state index contributed by atoms with van der Waals surface area (Å²) < 4.78 is 65.4. The molecule has 260 valence electrons. The first kappa shape index (κ1) is 37.7. The van der Waals surface area contributed by atoms with Crippen molar-refractivity contribution in [3.05, 3.63) is 65.2 Å². The van der Waals surface area contributed by atoms with Crippen molar-refractivity contribution in [2.45, 2.75) is 39.2 Å². The van der Waals surface area contributed by atoms with Gasteiger partial charge in [0.05, 0.1) is 11.9 Å². The Hall–Kier alpha value is -3.07. The van der Waals surface area contributed by atoms with E-state index >= 15 is 0 Å². The van der Waals surface area contributed by atoms with Crippen LogP contribution in [0.1, 0.15) is 40.7 Å². The number of nitrogens with one attached hydrogen (secondary N) is 3. The number of nitrogens with zero attached hydrogens (tertiary/aromatic N) is 5. The number of pyridine rings is 1. The molecule has 0 saturated carbocycles. The standard InChI is InChI=1S/C29H33F3I2N8O5P/c1-5-47-34-48(33,45)16-18-7-8-22(24(13-18)46-4)40-28-36-15-20(29(30,31)32)26(41-28)39-23-10-9-21(38-25(23)27(44)35-3)19-14-37-42(17(19)2)11-6-12-43/h7-10,13-15,43H,5-6,11-12,16H2,1-4H3,(H,35,44)(H2,36,39,40,41)/q-1. The fourth-order valence-electron chi connectivity index (χ4n) is 4.43. The molecule has 1 unspecified atom stereocenters. The van der Waals surface area contributed by atoms with Gasteiger partial charge >= 0.3 is 176 Å². The third-order valence-electron chi connectivity index (χ3n) is 6.73. The molecule has 1 amide bonds. The van der Waals surface area contributed by atoms with Crippen LogP contribution in [0.4, 0.5) is 36.3 Å². The molecule has 4 N–H and O–H groups in total. The quantitative estimate of drug-likeness (QED) is 0.102. The minimum atomic E-state index is -4.83. The van der Waals surface area contributed by atoms with Gasteiger partial charge in [-0.15, -0.1) is 0 Å². The van der Waals surface area contributed by atoms with Gasteiger partial charge in [0, 0.05) is 31.5 Å². The predicted molar refractivity (Wildman–Crippen MR) is 179 cm³/mol. The van der Waals surface area contributed by atoms with Crippen LogP contribution in [0.25, 0.3) is 11.3 Å². The Morgan fingerprint density at radius 3 is 2.56 bits per heavy atom. The molecular weight excluding hydrogens is 882 g/mol. The number of rotatable bonds is 15. The Morgan fingerprint density at radius 2 is 1.90 bits per heavy atom. The number of methoxy groups -OCH3 is 1. The monoisotopic (exact) mass is 915 g/mol. The molecule has 0 aliphatic heterocycles. The van der Waals surface area contributed by atoms with E-state index in [-0.39, 0.29) is 23.9 Å². The molecule has 1 aromatic carbocycles. The molecule has 3 heterocycles. The molecular formula is C29H33F3I2N8O5P-. The molecule has 0 radical (unpaired) electrons. The van der Waals surface area contributed by atoms with Crippen molar-refractivity contribution < 1.29 is 56.5 Å². The summed E-state index contributed by atoms with van der Waals surface area (Å²) in [6.45, 7) is 4.61. The molecule has 48 heavy (non-hydrogen) atoms. The minimum absolute atomic E-state index is 0.00672. The Balaban J connectivity index is 1.68. The zero-order chi connectivity index (χ0) is 35.1. The third-order valence-corrected chi connectivity index (χ3v) is 16.0. The number of hydrogen-bond acceptors (Lipinski definition) is 11. The average molecular weight is 915 g/mol. The van der Waals surface area contributed by atoms with Crippen LogP contribution in [-0.4, -0.2) is 63.1 Å². The van der Waals surface area contributed by atoms with E-state index in [1.807, 2.05) is 35.9 Å². The number of aromatic nitrogens is 5. The van der Waals surface area contributed by atoms with Gasteiger partial charge in [-0.05, 0) is 25.5 Å². The van der Waals surface area contributed by atoms with Gasteiger partial charge in [0.1, 0.15) is 0 Å². The van der Waals surface area contributed by atoms with Crippen molar-refractivity contribution in [3.8, 4) is 17.0 Å². The van der Waals surface area contributed by atoms with E-state index in [0.717, 1.165) is 11.3 Å². The first-order valence-electron chi connectivity index (χ1n) is 14.4. The van der Waals surface area contributed by atoms with Crippen LogP contribution in [0.15, 0.2) is 42.7 Å². The summed E-state index contributed by atoms with van der Waals surface area (Å²) in [6, 6.07) is 8.05. The van der Waals surface area contributed by atoms with Gasteiger partial charge in [0.25, 0.3) is 5.91 Å². The molecule has 1 atom stereocenters. The van der Waals surface area contributed by atoms with E-state index in [0.29, 0.717) is 54.6 Å². The van der Waals surface area contributed by atoms with Gasteiger partial charge in [-0.2, -0.15) is 18.3 Å². The second-order valence-electron chi connectivity index (χ2n) is 10.0. The van der Waals surface area contributed by atoms with Crippen LogP contribution in [0.3, 0.4) is 0 Å². The molecule has 4 aromatic rings. The van der Waals surface area contributed by atoms with E-state index in [9.17, 15) is 22.5 Å². The first-order valence-corrected chi connectivity index (χ1v) is 22.7. The summed E-state index contributed by atoms with van der Waals surface area (Å²) in [6.07, 6.45) is -1.83. The topological polar surface area (TPSA) is 165 Å². The molecule has 19 heteroatoms. The number of amides is 1.